The number of aromatic nitrogens is 1. The summed E-state index contributed by atoms with van der Waals surface area (Å²) in [6.07, 6.45) is 4.37. The van der Waals surface area contributed by atoms with Gasteiger partial charge in [-0.15, -0.1) is 0 Å². The van der Waals surface area contributed by atoms with Crippen molar-refractivity contribution in [3.8, 4) is 5.75 Å². The Morgan fingerprint density at radius 2 is 1.62 bits per heavy atom. The predicted molar refractivity (Wildman–Crippen MR) is 169 cm³/mol. The van der Waals surface area contributed by atoms with E-state index in [4.69, 9.17) is 4.74 Å². The number of aryl methyl sites for hydroxylation is 1. The number of rotatable bonds is 7. The molecule has 40 heavy (non-hydrogen) atoms. The summed E-state index contributed by atoms with van der Waals surface area (Å²) < 4.78 is 19.2. The second-order valence-corrected chi connectivity index (χ2v) is 12.1. The fourth-order valence-corrected chi connectivity index (χ4v) is 4.95. The molecule has 0 aliphatic carbocycles. The molecule has 220 valence electrons. The normalized spacial score (nSPS) is 16.2. The van der Waals surface area contributed by atoms with Gasteiger partial charge in [0.1, 0.15) is 11.6 Å². The van der Waals surface area contributed by atoms with Gasteiger partial charge in [-0.1, -0.05) is 84.9 Å². The molecule has 0 radical (unpaired) electrons. The summed E-state index contributed by atoms with van der Waals surface area (Å²) in [6, 6.07) is 19.9. The van der Waals surface area contributed by atoms with Crippen LogP contribution in [0.4, 0.5) is 4.39 Å². The molecule has 1 saturated heterocycles. The number of piperidine rings is 1. The number of likely N-dealkylation sites (tertiary alicyclic amines) is 1. The van der Waals surface area contributed by atoms with Crippen molar-refractivity contribution in [3.63, 3.8) is 0 Å². The van der Waals surface area contributed by atoms with Crippen LogP contribution in [0.3, 0.4) is 0 Å². The van der Waals surface area contributed by atoms with Gasteiger partial charge in [-0.2, -0.15) is 0 Å². The van der Waals surface area contributed by atoms with Crippen LogP contribution in [0.5, 0.6) is 5.75 Å². The Balaban J connectivity index is 0.000000228. The van der Waals surface area contributed by atoms with Crippen LogP contribution in [-0.2, 0) is 6.54 Å². The van der Waals surface area contributed by atoms with E-state index in [-0.39, 0.29) is 5.82 Å². The molecule has 2 heterocycles. The molecule has 2 aromatic carbocycles. The highest BCUT2D eigenvalue weighted by Crippen LogP contribution is 2.28. The summed E-state index contributed by atoms with van der Waals surface area (Å²) in [5, 5.41) is 0. The Morgan fingerprint density at radius 3 is 2.17 bits per heavy atom. The van der Waals surface area contributed by atoms with E-state index in [1.54, 1.807) is 13.2 Å². The summed E-state index contributed by atoms with van der Waals surface area (Å²) in [5.74, 6) is 3.95. The van der Waals surface area contributed by atoms with Gasteiger partial charge in [-0.3, -0.25) is 9.88 Å². The Morgan fingerprint density at radius 1 is 0.925 bits per heavy atom. The molecule has 3 nitrogen and oxygen atoms in total. The number of halogens is 1. The molecule has 0 saturated carbocycles. The van der Waals surface area contributed by atoms with Gasteiger partial charge < -0.3 is 4.74 Å². The lowest BCUT2D eigenvalue weighted by atomic mass is 9.88. The lowest BCUT2D eigenvalue weighted by molar-refractivity contribution is 0.137. The minimum Gasteiger partial charge on any atom is -0.496 e. The molecule has 0 N–H and O–H groups in total. The standard InChI is InChI=1S/C16H24FNO.C11H16.C9H13N/c1-12(2)13-6-5-9-18(10-13)11-14-15(17)7-4-8-16(14)19-3;1-9(2)10(3)11-7-5-4-6-8-11;1-7(2)9-4-5-10-8(3)6-9/h4,7-8,12-13H,5-6,9-11H2,1-3H3;4-10H,1-3H3;4-7H,1-3H3/t;10-;/m.0./s1. The molecule has 4 heteroatoms. The minimum atomic E-state index is -0.161. The monoisotopic (exact) mass is 548 g/mol. The number of hydrogen-bond donors (Lipinski definition) is 0. The van der Waals surface area contributed by atoms with Crippen molar-refractivity contribution in [1.82, 2.24) is 9.88 Å². The molecule has 1 aromatic heterocycles. The van der Waals surface area contributed by atoms with Crippen LogP contribution in [0.2, 0.25) is 0 Å². The first-order valence-corrected chi connectivity index (χ1v) is 15.0. The van der Waals surface area contributed by atoms with Crippen molar-refractivity contribution < 1.29 is 9.13 Å². The second-order valence-electron chi connectivity index (χ2n) is 12.1. The van der Waals surface area contributed by atoms with Crippen LogP contribution in [-0.4, -0.2) is 30.1 Å². The van der Waals surface area contributed by atoms with Crippen LogP contribution < -0.4 is 4.74 Å². The topological polar surface area (TPSA) is 25.4 Å². The van der Waals surface area contributed by atoms with Crippen molar-refractivity contribution in [2.75, 3.05) is 20.2 Å². The van der Waals surface area contributed by atoms with Gasteiger partial charge in [-0.25, -0.2) is 4.39 Å². The van der Waals surface area contributed by atoms with Gasteiger partial charge in [0, 0.05) is 30.5 Å². The lowest BCUT2D eigenvalue weighted by Crippen LogP contribution is -2.37. The maximum absolute atomic E-state index is 13.9. The van der Waals surface area contributed by atoms with E-state index in [0.29, 0.717) is 35.6 Å². The van der Waals surface area contributed by atoms with Gasteiger partial charge in [-0.05, 0) is 91.3 Å². The number of hydrogen-bond acceptors (Lipinski definition) is 3. The average Bonchev–Trinajstić information content (AvgIpc) is 2.95. The zero-order valence-electron chi connectivity index (χ0n) is 26.5. The molecule has 1 aliphatic rings. The van der Waals surface area contributed by atoms with E-state index in [9.17, 15) is 4.39 Å². The number of ether oxygens (including phenoxy) is 1. The number of benzene rings is 2. The number of methoxy groups -OCH3 is 1. The minimum absolute atomic E-state index is 0.161. The first-order valence-electron chi connectivity index (χ1n) is 15.0. The van der Waals surface area contributed by atoms with Crippen molar-refractivity contribution in [2.24, 2.45) is 17.8 Å². The Kier molecular flexibility index (Phi) is 14.4. The molecule has 4 rings (SSSR count). The average molecular weight is 549 g/mol. The maximum Gasteiger partial charge on any atom is 0.131 e. The Bertz CT molecular complexity index is 1110. The van der Waals surface area contributed by atoms with E-state index >= 15 is 0 Å². The van der Waals surface area contributed by atoms with Crippen molar-refractivity contribution in [3.05, 3.63) is 95.1 Å². The smallest absolute Gasteiger partial charge is 0.131 e. The predicted octanol–water partition coefficient (Wildman–Crippen LogP) is 9.66. The summed E-state index contributed by atoms with van der Waals surface area (Å²) in [4.78, 5) is 6.48. The quantitative estimate of drug-likeness (QED) is 0.294. The zero-order chi connectivity index (χ0) is 29.7. The molecule has 1 unspecified atom stereocenters. The number of nitrogens with zero attached hydrogens (tertiary/aromatic N) is 2. The molecular weight excluding hydrogens is 495 g/mol. The van der Waals surface area contributed by atoms with E-state index in [0.717, 1.165) is 30.6 Å². The Labute approximate surface area is 244 Å². The second kappa shape index (κ2) is 17.2. The van der Waals surface area contributed by atoms with Crippen molar-refractivity contribution in [2.45, 2.75) is 86.6 Å². The molecule has 0 amide bonds. The van der Waals surface area contributed by atoms with Gasteiger partial charge in [0.15, 0.2) is 0 Å². The van der Waals surface area contributed by atoms with Gasteiger partial charge in [0.05, 0.1) is 7.11 Å². The van der Waals surface area contributed by atoms with E-state index in [1.165, 1.54) is 30.0 Å². The van der Waals surface area contributed by atoms with E-state index < -0.39 is 0 Å². The summed E-state index contributed by atoms with van der Waals surface area (Å²) >= 11 is 0. The molecule has 2 atom stereocenters. The van der Waals surface area contributed by atoms with Crippen LogP contribution in [0.1, 0.15) is 95.5 Å². The molecule has 3 aromatic rings. The first kappa shape index (κ1) is 33.5. The van der Waals surface area contributed by atoms with Crippen LogP contribution in [0.25, 0.3) is 0 Å². The van der Waals surface area contributed by atoms with Crippen molar-refractivity contribution >= 4 is 0 Å². The van der Waals surface area contributed by atoms with Gasteiger partial charge in [0.25, 0.3) is 0 Å². The fourth-order valence-electron chi connectivity index (χ4n) is 4.95. The van der Waals surface area contributed by atoms with Crippen molar-refractivity contribution in [1.29, 1.82) is 0 Å². The highest BCUT2D eigenvalue weighted by atomic mass is 19.1. The fraction of sp³-hybridized carbons (Fsp3) is 0.528. The lowest BCUT2D eigenvalue weighted by Gasteiger charge is -2.35. The largest absolute Gasteiger partial charge is 0.496 e. The molecule has 0 spiro atoms. The van der Waals surface area contributed by atoms with E-state index in [2.05, 4.69) is 101 Å². The number of pyridine rings is 1. The van der Waals surface area contributed by atoms with Gasteiger partial charge >= 0.3 is 0 Å². The first-order chi connectivity index (χ1) is 19.0. The molecular formula is C36H53FN2O. The highest BCUT2D eigenvalue weighted by molar-refractivity contribution is 5.34. The van der Waals surface area contributed by atoms with Crippen LogP contribution in [0.15, 0.2) is 66.9 Å². The Hall–Kier alpha value is -2.72. The van der Waals surface area contributed by atoms with Crippen LogP contribution in [0, 0.1) is 30.5 Å². The summed E-state index contributed by atoms with van der Waals surface area (Å²) in [7, 11) is 1.60. The van der Waals surface area contributed by atoms with Gasteiger partial charge in [0.2, 0.25) is 0 Å². The maximum atomic E-state index is 13.9. The zero-order valence-corrected chi connectivity index (χ0v) is 26.5. The summed E-state index contributed by atoms with van der Waals surface area (Å²) in [6.45, 7) is 20.5. The SMILES string of the molecule is CC(C)[C@H](C)c1ccccc1.COc1cccc(F)c1CN1CCCC(C(C)C)C1.Cc1cc(C(C)C)ccn1. The van der Waals surface area contributed by atoms with E-state index in [1.807, 2.05) is 19.2 Å². The highest BCUT2D eigenvalue weighted by Gasteiger charge is 2.24. The third kappa shape index (κ3) is 11.0. The summed E-state index contributed by atoms with van der Waals surface area (Å²) in [5.41, 5.74) is 4.61. The molecule has 1 aliphatic heterocycles. The third-order valence-corrected chi connectivity index (χ3v) is 8.08. The molecule has 0 bridgehead atoms. The third-order valence-electron chi connectivity index (χ3n) is 8.08. The van der Waals surface area contributed by atoms with Crippen LogP contribution >= 0.6 is 0 Å². The molecule has 1 fully saturated rings.